The lowest BCUT2D eigenvalue weighted by Gasteiger charge is -2.13. The molecule has 0 aromatic heterocycles. The normalized spacial score (nSPS) is 15.4. The highest BCUT2D eigenvalue weighted by Gasteiger charge is 2.35. The Kier molecular flexibility index (Phi) is 6.54. The van der Waals surface area contributed by atoms with Crippen molar-refractivity contribution < 1.29 is 19.1 Å². The summed E-state index contributed by atoms with van der Waals surface area (Å²) >= 11 is 12.9. The first-order valence-corrected chi connectivity index (χ1v) is 10.00. The number of rotatable bonds is 6. The lowest BCUT2D eigenvalue weighted by atomic mass is 10.1. The first-order chi connectivity index (χ1) is 13.4. The minimum Gasteiger partial charge on any atom is -0.493 e. The van der Waals surface area contributed by atoms with E-state index in [2.05, 4.69) is 0 Å². The summed E-state index contributed by atoms with van der Waals surface area (Å²) in [5.41, 5.74) is 1.38. The fourth-order valence-electron chi connectivity index (χ4n) is 2.66. The maximum atomic E-state index is 12.7. The zero-order valence-corrected chi connectivity index (χ0v) is 17.5. The third kappa shape index (κ3) is 4.46. The van der Waals surface area contributed by atoms with Crippen LogP contribution >= 0.6 is 35.0 Å². The van der Waals surface area contributed by atoms with E-state index < -0.39 is 0 Å². The molecule has 2 amide bonds. The quantitative estimate of drug-likeness (QED) is 0.547. The van der Waals surface area contributed by atoms with Crippen molar-refractivity contribution >= 4 is 52.2 Å². The van der Waals surface area contributed by atoms with Crippen molar-refractivity contribution in [2.75, 3.05) is 13.7 Å². The van der Waals surface area contributed by atoms with Crippen molar-refractivity contribution in [3.63, 3.8) is 0 Å². The number of ether oxygens (including phenoxy) is 2. The SMILES string of the molecule is CCOc1ccc(/C=C2/SC(=O)N(Cc3ccc(Cl)cc3Cl)C2=O)cc1OC. The third-order valence-electron chi connectivity index (χ3n) is 4.00. The number of halogens is 2. The molecular formula is C20H17Cl2NO4S. The van der Waals surface area contributed by atoms with Gasteiger partial charge in [0.25, 0.3) is 11.1 Å². The first kappa shape index (κ1) is 20.6. The molecule has 0 bridgehead atoms. The largest absolute Gasteiger partial charge is 0.493 e. The molecule has 28 heavy (non-hydrogen) atoms. The Morgan fingerprint density at radius 3 is 2.57 bits per heavy atom. The number of hydrogen-bond acceptors (Lipinski definition) is 5. The fraction of sp³-hybridized carbons (Fsp3) is 0.200. The number of hydrogen-bond donors (Lipinski definition) is 0. The Morgan fingerprint density at radius 2 is 1.89 bits per heavy atom. The van der Waals surface area contributed by atoms with Crippen molar-refractivity contribution in [2.24, 2.45) is 0 Å². The monoisotopic (exact) mass is 437 g/mol. The van der Waals surface area contributed by atoms with E-state index in [9.17, 15) is 9.59 Å². The van der Waals surface area contributed by atoms with Crippen LogP contribution in [-0.4, -0.2) is 29.8 Å². The van der Waals surface area contributed by atoms with Crippen LogP contribution < -0.4 is 9.47 Å². The molecule has 0 atom stereocenters. The van der Waals surface area contributed by atoms with E-state index in [0.29, 0.717) is 38.6 Å². The molecule has 1 aliphatic rings. The highest BCUT2D eigenvalue weighted by atomic mass is 35.5. The minimum absolute atomic E-state index is 0.0879. The van der Waals surface area contributed by atoms with Crippen molar-refractivity contribution in [3.8, 4) is 11.5 Å². The van der Waals surface area contributed by atoms with Crippen LogP contribution in [-0.2, 0) is 11.3 Å². The molecule has 0 radical (unpaired) electrons. The van der Waals surface area contributed by atoms with Gasteiger partial charge in [0.05, 0.1) is 25.2 Å². The molecule has 0 spiro atoms. The highest BCUT2D eigenvalue weighted by molar-refractivity contribution is 8.18. The Labute approximate surface area is 177 Å². The highest BCUT2D eigenvalue weighted by Crippen LogP contribution is 2.36. The number of methoxy groups -OCH3 is 1. The second-order valence-corrected chi connectivity index (χ2v) is 7.68. The predicted octanol–water partition coefficient (Wildman–Crippen LogP) is 5.64. The van der Waals surface area contributed by atoms with E-state index >= 15 is 0 Å². The zero-order valence-electron chi connectivity index (χ0n) is 15.2. The van der Waals surface area contributed by atoms with Crippen molar-refractivity contribution in [1.29, 1.82) is 0 Å². The van der Waals surface area contributed by atoms with E-state index in [1.807, 2.05) is 6.92 Å². The van der Waals surface area contributed by atoms with Gasteiger partial charge in [-0.3, -0.25) is 14.5 Å². The van der Waals surface area contributed by atoms with Crippen LogP contribution in [0.15, 0.2) is 41.3 Å². The first-order valence-electron chi connectivity index (χ1n) is 8.43. The van der Waals surface area contributed by atoms with E-state index in [4.69, 9.17) is 32.7 Å². The summed E-state index contributed by atoms with van der Waals surface area (Å²) in [7, 11) is 1.55. The van der Waals surface area contributed by atoms with Crippen LogP contribution in [0.3, 0.4) is 0 Å². The molecule has 1 aliphatic heterocycles. The molecule has 0 saturated carbocycles. The molecule has 0 unspecified atom stereocenters. The second-order valence-electron chi connectivity index (χ2n) is 5.85. The maximum Gasteiger partial charge on any atom is 0.293 e. The lowest BCUT2D eigenvalue weighted by molar-refractivity contribution is -0.123. The second kappa shape index (κ2) is 8.90. The van der Waals surface area contributed by atoms with Gasteiger partial charge in [-0.1, -0.05) is 35.3 Å². The molecule has 5 nitrogen and oxygen atoms in total. The molecule has 1 heterocycles. The summed E-state index contributed by atoms with van der Waals surface area (Å²) in [6.45, 7) is 2.49. The number of benzene rings is 2. The minimum atomic E-state index is -0.367. The van der Waals surface area contributed by atoms with Crippen LogP contribution in [0.5, 0.6) is 11.5 Å². The maximum absolute atomic E-state index is 12.7. The van der Waals surface area contributed by atoms with Crippen LogP contribution in [0.2, 0.25) is 10.0 Å². The van der Waals surface area contributed by atoms with Gasteiger partial charge in [-0.05, 0) is 60.2 Å². The van der Waals surface area contributed by atoms with Gasteiger partial charge >= 0.3 is 0 Å². The Balaban J connectivity index is 1.83. The van der Waals surface area contributed by atoms with Gasteiger partial charge in [0.1, 0.15) is 0 Å². The van der Waals surface area contributed by atoms with Crippen LogP contribution in [0.25, 0.3) is 6.08 Å². The molecule has 3 rings (SSSR count). The summed E-state index contributed by atoms with van der Waals surface area (Å²) in [5, 5.41) is 0.555. The van der Waals surface area contributed by atoms with Crippen molar-refractivity contribution in [1.82, 2.24) is 4.90 Å². The van der Waals surface area contributed by atoms with E-state index in [1.54, 1.807) is 49.6 Å². The number of imide groups is 1. The van der Waals surface area contributed by atoms with Gasteiger partial charge in [0, 0.05) is 10.0 Å². The molecular weight excluding hydrogens is 421 g/mol. The molecule has 0 N–H and O–H groups in total. The van der Waals surface area contributed by atoms with E-state index in [-0.39, 0.29) is 17.7 Å². The molecule has 2 aromatic rings. The summed E-state index contributed by atoms with van der Waals surface area (Å²) in [5.74, 6) is 0.810. The van der Waals surface area contributed by atoms with E-state index in [1.165, 1.54) is 0 Å². The molecule has 2 aromatic carbocycles. The van der Waals surface area contributed by atoms with Gasteiger partial charge in [-0.2, -0.15) is 0 Å². The number of carbonyl (C=O) groups is 2. The molecule has 1 saturated heterocycles. The topological polar surface area (TPSA) is 55.8 Å². The van der Waals surface area contributed by atoms with Crippen LogP contribution in [0, 0.1) is 0 Å². The zero-order chi connectivity index (χ0) is 20.3. The van der Waals surface area contributed by atoms with Gasteiger partial charge in [-0.15, -0.1) is 0 Å². The number of thioether (sulfide) groups is 1. The average molecular weight is 438 g/mol. The molecule has 8 heteroatoms. The standard InChI is InChI=1S/C20H17Cl2NO4S/c1-3-27-16-7-4-12(8-17(16)26-2)9-18-19(24)23(20(25)28-18)11-13-5-6-14(21)10-15(13)22/h4-10H,3,11H2,1-2H3/b18-9+. The lowest BCUT2D eigenvalue weighted by Crippen LogP contribution is -2.27. The van der Waals surface area contributed by atoms with Gasteiger partial charge in [0.2, 0.25) is 0 Å². The smallest absolute Gasteiger partial charge is 0.293 e. The van der Waals surface area contributed by atoms with Gasteiger partial charge in [0.15, 0.2) is 11.5 Å². The molecule has 1 fully saturated rings. The average Bonchev–Trinajstić information content (AvgIpc) is 2.92. The number of carbonyl (C=O) groups excluding carboxylic acids is 2. The third-order valence-corrected chi connectivity index (χ3v) is 5.50. The van der Waals surface area contributed by atoms with Crippen LogP contribution in [0.1, 0.15) is 18.1 Å². The number of amides is 2. The van der Waals surface area contributed by atoms with Crippen LogP contribution in [0.4, 0.5) is 4.79 Å². The summed E-state index contributed by atoms with van der Waals surface area (Å²) in [4.78, 5) is 26.6. The summed E-state index contributed by atoms with van der Waals surface area (Å²) in [6, 6.07) is 10.3. The predicted molar refractivity (Wildman–Crippen MR) is 112 cm³/mol. The molecule has 146 valence electrons. The van der Waals surface area contributed by atoms with Crippen molar-refractivity contribution in [2.45, 2.75) is 13.5 Å². The van der Waals surface area contributed by atoms with Crippen molar-refractivity contribution in [3.05, 3.63) is 62.5 Å². The summed E-state index contributed by atoms with van der Waals surface area (Å²) in [6.07, 6.45) is 1.66. The van der Waals surface area contributed by atoms with E-state index in [0.717, 1.165) is 22.2 Å². The Bertz CT molecular complexity index is 961. The number of nitrogens with zero attached hydrogens (tertiary/aromatic N) is 1. The van der Waals surface area contributed by atoms with Gasteiger partial charge < -0.3 is 9.47 Å². The Hall–Kier alpha value is -2.15. The molecule has 0 aliphatic carbocycles. The Morgan fingerprint density at radius 1 is 1.11 bits per heavy atom. The fourth-order valence-corrected chi connectivity index (χ4v) is 3.96. The van der Waals surface area contributed by atoms with Gasteiger partial charge in [-0.25, -0.2) is 0 Å². The summed E-state index contributed by atoms with van der Waals surface area (Å²) < 4.78 is 10.8.